The Labute approximate surface area is 76.5 Å². The maximum atomic E-state index is 10.6. The summed E-state index contributed by atoms with van der Waals surface area (Å²) in [6, 6.07) is 0. The summed E-state index contributed by atoms with van der Waals surface area (Å²) in [7, 11) is 0. The molecule has 0 aliphatic carbocycles. The third-order valence-corrected chi connectivity index (χ3v) is 1.70. The summed E-state index contributed by atoms with van der Waals surface area (Å²) in [4.78, 5) is 10.6. The van der Waals surface area contributed by atoms with Crippen LogP contribution in [0.1, 0.15) is 13.8 Å². The molecule has 1 unspecified atom stereocenters. The van der Waals surface area contributed by atoms with E-state index in [1.807, 2.05) is 6.92 Å². The van der Waals surface area contributed by atoms with Gasteiger partial charge in [-0.25, -0.2) is 4.79 Å². The Kier molecular flexibility index (Phi) is 2.95. The van der Waals surface area contributed by atoms with Gasteiger partial charge in [-0.05, 0) is 26.0 Å². The van der Waals surface area contributed by atoms with Crippen molar-refractivity contribution in [1.29, 1.82) is 0 Å². The van der Waals surface area contributed by atoms with E-state index in [0.29, 0.717) is 11.5 Å². The normalized spacial score (nSPS) is 28.3. The third-order valence-electron chi connectivity index (χ3n) is 1.70. The molecule has 0 aromatic heterocycles. The molecule has 1 atom stereocenters. The zero-order valence-corrected chi connectivity index (χ0v) is 7.61. The molecule has 4 heteroatoms. The first-order chi connectivity index (χ1) is 6.19. The molecular formula is C9H12O4. The number of carboxylic acids is 1. The van der Waals surface area contributed by atoms with Crippen molar-refractivity contribution in [2.24, 2.45) is 0 Å². The standard InChI is InChI=1S/C9H12O4/c1-3-6-7(4-2)13-8(5-12-6)9(10)11/h3-4,8H,5H2,1-2H3,(H,10,11)/b6-3+,7-4+. The quantitative estimate of drug-likeness (QED) is 0.667. The van der Waals surface area contributed by atoms with E-state index < -0.39 is 12.1 Å². The molecule has 72 valence electrons. The smallest absolute Gasteiger partial charge is 0.348 e. The van der Waals surface area contributed by atoms with Gasteiger partial charge in [-0.15, -0.1) is 0 Å². The van der Waals surface area contributed by atoms with E-state index >= 15 is 0 Å². The predicted octanol–water partition coefficient (Wildman–Crippen LogP) is 1.29. The van der Waals surface area contributed by atoms with Crippen molar-refractivity contribution in [3.8, 4) is 0 Å². The molecular weight excluding hydrogens is 172 g/mol. The van der Waals surface area contributed by atoms with Crippen molar-refractivity contribution in [3.63, 3.8) is 0 Å². The Balaban J connectivity index is 2.75. The van der Waals surface area contributed by atoms with Crippen molar-refractivity contribution in [2.75, 3.05) is 6.61 Å². The first kappa shape index (κ1) is 9.64. The third kappa shape index (κ3) is 2.02. The van der Waals surface area contributed by atoms with E-state index in [0.717, 1.165) is 0 Å². The Morgan fingerprint density at radius 2 is 2.08 bits per heavy atom. The van der Waals surface area contributed by atoms with Crippen LogP contribution in [-0.4, -0.2) is 23.8 Å². The molecule has 1 aliphatic rings. The summed E-state index contributed by atoms with van der Waals surface area (Å²) in [6.07, 6.45) is 2.53. The average Bonchev–Trinajstić information content (AvgIpc) is 2.16. The molecule has 0 amide bonds. The number of hydrogen-bond acceptors (Lipinski definition) is 3. The van der Waals surface area contributed by atoms with E-state index in [9.17, 15) is 4.79 Å². The molecule has 1 N–H and O–H groups in total. The molecule has 1 aliphatic heterocycles. The largest absolute Gasteiger partial charge is 0.486 e. The van der Waals surface area contributed by atoms with Crippen LogP contribution in [0.4, 0.5) is 0 Å². The van der Waals surface area contributed by atoms with Crippen molar-refractivity contribution in [3.05, 3.63) is 23.7 Å². The fraction of sp³-hybridized carbons (Fsp3) is 0.444. The van der Waals surface area contributed by atoms with Crippen molar-refractivity contribution in [1.82, 2.24) is 0 Å². The molecule has 0 spiro atoms. The fourth-order valence-electron chi connectivity index (χ4n) is 1.04. The van der Waals surface area contributed by atoms with Gasteiger partial charge in [0.15, 0.2) is 11.5 Å². The molecule has 1 heterocycles. The summed E-state index contributed by atoms with van der Waals surface area (Å²) < 4.78 is 10.4. The molecule has 0 bridgehead atoms. The fourth-order valence-corrected chi connectivity index (χ4v) is 1.04. The average molecular weight is 184 g/mol. The number of carbonyl (C=O) groups is 1. The van der Waals surface area contributed by atoms with Crippen molar-refractivity contribution in [2.45, 2.75) is 20.0 Å². The highest BCUT2D eigenvalue weighted by Gasteiger charge is 2.27. The van der Waals surface area contributed by atoms with Crippen molar-refractivity contribution < 1.29 is 19.4 Å². The second-order valence-electron chi connectivity index (χ2n) is 2.56. The lowest BCUT2D eigenvalue weighted by atomic mass is 10.3. The maximum Gasteiger partial charge on any atom is 0.348 e. The Bertz CT molecular complexity index is 265. The number of allylic oxidation sites excluding steroid dienone is 2. The number of rotatable bonds is 1. The highest BCUT2D eigenvalue weighted by molar-refractivity contribution is 5.73. The lowest BCUT2D eigenvalue weighted by Gasteiger charge is -2.25. The van der Waals surface area contributed by atoms with Gasteiger partial charge in [-0.2, -0.15) is 0 Å². The lowest BCUT2D eigenvalue weighted by Crippen LogP contribution is -2.33. The molecule has 0 aromatic carbocycles. The number of carboxylic acid groups (broad SMARTS) is 1. The highest BCUT2D eigenvalue weighted by Crippen LogP contribution is 2.21. The molecule has 0 aromatic rings. The van der Waals surface area contributed by atoms with Crippen LogP contribution in [-0.2, 0) is 14.3 Å². The van der Waals surface area contributed by atoms with E-state index in [4.69, 9.17) is 14.6 Å². The summed E-state index contributed by atoms with van der Waals surface area (Å²) in [5.74, 6) is 0.0793. The van der Waals surface area contributed by atoms with Crippen LogP contribution in [0, 0.1) is 0 Å². The minimum atomic E-state index is -1.01. The zero-order valence-electron chi connectivity index (χ0n) is 7.61. The minimum absolute atomic E-state index is 0.0619. The van der Waals surface area contributed by atoms with E-state index in [1.165, 1.54) is 0 Å². The molecule has 4 nitrogen and oxygen atoms in total. The molecule has 13 heavy (non-hydrogen) atoms. The minimum Gasteiger partial charge on any atom is -0.486 e. The molecule has 1 saturated heterocycles. The SMILES string of the molecule is C/C=C1/OCC(C(=O)O)O/C1=C/C. The maximum absolute atomic E-state index is 10.6. The molecule has 0 radical (unpaired) electrons. The Hall–Kier alpha value is -1.45. The van der Waals surface area contributed by atoms with Gasteiger partial charge in [0, 0.05) is 0 Å². The molecule has 0 saturated carbocycles. The first-order valence-electron chi connectivity index (χ1n) is 4.04. The van der Waals surface area contributed by atoms with E-state index in [1.54, 1.807) is 19.1 Å². The second-order valence-corrected chi connectivity index (χ2v) is 2.56. The summed E-state index contributed by atoms with van der Waals surface area (Å²) >= 11 is 0. The van der Waals surface area contributed by atoms with Crippen LogP contribution < -0.4 is 0 Å². The lowest BCUT2D eigenvalue weighted by molar-refractivity contribution is -0.153. The van der Waals surface area contributed by atoms with Crippen molar-refractivity contribution >= 4 is 5.97 Å². The van der Waals surface area contributed by atoms with E-state index in [2.05, 4.69) is 0 Å². The number of hydrogen-bond donors (Lipinski definition) is 1. The second kappa shape index (κ2) is 3.98. The van der Waals surface area contributed by atoms with Gasteiger partial charge >= 0.3 is 5.97 Å². The van der Waals surface area contributed by atoms with Gasteiger partial charge in [0.1, 0.15) is 6.61 Å². The van der Waals surface area contributed by atoms with Gasteiger partial charge in [0.05, 0.1) is 0 Å². The summed E-state index contributed by atoms with van der Waals surface area (Å²) in [5, 5.41) is 8.66. The van der Waals surface area contributed by atoms with Gasteiger partial charge in [-0.3, -0.25) is 0 Å². The van der Waals surface area contributed by atoms with Crippen LogP contribution in [0.5, 0.6) is 0 Å². The van der Waals surface area contributed by atoms with Gasteiger partial charge in [0.2, 0.25) is 6.10 Å². The summed E-state index contributed by atoms with van der Waals surface area (Å²) in [6.45, 7) is 3.64. The monoisotopic (exact) mass is 184 g/mol. The van der Waals surface area contributed by atoms with Gasteiger partial charge in [0.25, 0.3) is 0 Å². The van der Waals surface area contributed by atoms with Crippen LogP contribution in [0.3, 0.4) is 0 Å². The predicted molar refractivity (Wildman–Crippen MR) is 46.0 cm³/mol. The highest BCUT2D eigenvalue weighted by atomic mass is 16.6. The van der Waals surface area contributed by atoms with Crippen LogP contribution in [0.15, 0.2) is 23.7 Å². The molecule has 1 fully saturated rings. The van der Waals surface area contributed by atoms with E-state index in [-0.39, 0.29) is 6.61 Å². The van der Waals surface area contributed by atoms with Crippen LogP contribution in [0.25, 0.3) is 0 Å². The number of ether oxygens (including phenoxy) is 2. The summed E-state index contributed by atoms with van der Waals surface area (Å²) in [5.41, 5.74) is 0. The zero-order chi connectivity index (χ0) is 9.84. The first-order valence-corrected chi connectivity index (χ1v) is 4.04. The topological polar surface area (TPSA) is 55.8 Å². The van der Waals surface area contributed by atoms with Gasteiger partial charge < -0.3 is 14.6 Å². The Morgan fingerprint density at radius 3 is 2.54 bits per heavy atom. The number of aliphatic carboxylic acids is 1. The van der Waals surface area contributed by atoms with Crippen LogP contribution in [0.2, 0.25) is 0 Å². The van der Waals surface area contributed by atoms with Gasteiger partial charge in [-0.1, -0.05) is 0 Å². The molecule has 1 rings (SSSR count). The Morgan fingerprint density at radius 1 is 1.46 bits per heavy atom. The van der Waals surface area contributed by atoms with Crippen LogP contribution >= 0.6 is 0 Å².